The molecule has 0 aliphatic carbocycles. The molecule has 0 spiro atoms. The molecule has 36 heavy (non-hydrogen) atoms. The second-order valence-electron chi connectivity index (χ2n) is 7.59. The van der Waals surface area contributed by atoms with Gasteiger partial charge in [-0.15, -0.1) is 21.5 Å². The van der Waals surface area contributed by atoms with E-state index >= 15 is 0 Å². The standard InChI is InChI=1S/C25H19BrN6O2S2/c26-17-8-10-18(11-9-17)32-21(30-31-25(32)36-15-22(33)29-24-27-12-13-35-24)14-28-23(34)20-7-3-5-16-4-1-2-6-19(16)20/h1-13H,14-15H2,(H,28,34)(H,27,29,33). The second-order valence-corrected chi connectivity index (χ2v) is 10.3. The van der Waals surface area contributed by atoms with Crippen molar-refractivity contribution in [3.63, 3.8) is 0 Å². The smallest absolute Gasteiger partial charge is 0.252 e. The van der Waals surface area contributed by atoms with Gasteiger partial charge in [0.05, 0.1) is 12.3 Å². The number of amides is 2. The van der Waals surface area contributed by atoms with Gasteiger partial charge in [0.15, 0.2) is 16.1 Å². The molecule has 11 heteroatoms. The van der Waals surface area contributed by atoms with E-state index in [1.807, 2.05) is 65.2 Å². The molecule has 2 aromatic heterocycles. The third kappa shape index (κ3) is 5.48. The number of benzene rings is 3. The molecule has 180 valence electrons. The monoisotopic (exact) mass is 578 g/mol. The Kier molecular flexibility index (Phi) is 7.40. The van der Waals surface area contributed by atoms with Crippen LogP contribution in [0, 0.1) is 0 Å². The summed E-state index contributed by atoms with van der Waals surface area (Å²) in [5.74, 6) is 0.297. The van der Waals surface area contributed by atoms with E-state index in [-0.39, 0.29) is 24.1 Å². The van der Waals surface area contributed by atoms with Crippen LogP contribution in [0.3, 0.4) is 0 Å². The number of nitrogens with zero attached hydrogens (tertiary/aromatic N) is 4. The van der Waals surface area contributed by atoms with Crippen molar-refractivity contribution < 1.29 is 9.59 Å². The number of halogens is 1. The van der Waals surface area contributed by atoms with Gasteiger partial charge in [-0.05, 0) is 41.1 Å². The van der Waals surface area contributed by atoms with Gasteiger partial charge in [0, 0.05) is 27.3 Å². The van der Waals surface area contributed by atoms with Crippen LogP contribution in [0.25, 0.3) is 16.5 Å². The summed E-state index contributed by atoms with van der Waals surface area (Å²) in [7, 11) is 0. The number of aromatic nitrogens is 4. The molecule has 0 bridgehead atoms. The van der Waals surface area contributed by atoms with E-state index in [4.69, 9.17) is 0 Å². The minimum Gasteiger partial charge on any atom is -0.345 e. The Bertz CT molecular complexity index is 1510. The van der Waals surface area contributed by atoms with Crippen LogP contribution in [-0.2, 0) is 11.3 Å². The average molecular weight is 580 g/mol. The first-order chi connectivity index (χ1) is 17.6. The molecule has 0 atom stereocenters. The van der Waals surface area contributed by atoms with Crippen molar-refractivity contribution in [1.82, 2.24) is 25.1 Å². The highest BCUT2D eigenvalue weighted by Crippen LogP contribution is 2.24. The minimum absolute atomic E-state index is 0.136. The highest BCUT2D eigenvalue weighted by atomic mass is 79.9. The molecular formula is C25H19BrN6O2S2. The number of hydrogen-bond donors (Lipinski definition) is 2. The van der Waals surface area contributed by atoms with Gasteiger partial charge in [0.2, 0.25) is 5.91 Å². The van der Waals surface area contributed by atoms with Gasteiger partial charge in [0.1, 0.15) is 0 Å². The fraction of sp³-hybridized carbons (Fsp3) is 0.0800. The van der Waals surface area contributed by atoms with Crippen molar-refractivity contribution in [2.75, 3.05) is 11.1 Å². The molecule has 2 heterocycles. The number of thiazole rings is 1. The lowest BCUT2D eigenvalue weighted by Gasteiger charge is -2.12. The van der Waals surface area contributed by atoms with Crippen molar-refractivity contribution in [2.24, 2.45) is 0 Å². The molecule has 0 saturated heterocycles. The predicted octanol–water partition coefficient (Wildman–Crippen LogP) is 5.30. The summed E-state index contributed by atoms with van der Waals surface area (Å²) in [6.45, 7) is 0.164. The lowest BCUT2D eigenvalue weighted by Crippen LogP contribution is -2.25. The van der Waals surface area contributed by atoms with E-state index in [2.05, 4.69) is 41.7 Å². The number of hydrogen-bond acceptors (Lipinski definition) is 7. The molecule has 8 nitrogen and oxygen atoms in total. The molecule has 5 aromatic rings. The summed E-state index contributed by atoms with van der Waals surface area (Å²) in [5, 5.41) is 19.1. The van der Waals surface area contributed by atoms with Crippen LogP contribution in [0.15, 0.2) is 87.9 Å². The molecular weight excluding hydrogens is 560 g/mol. The van der Waals surface area contributed by atoms with Crippen LogP contribution in [0.1, 0.15) is 16.2 Å². The normalized spacial score (nSPS) is 10.9. The van der Waals surface area contributed by atoms with Gasteiger partial charge in [0.25, 0.3) is 5.91 Å². The Labute approximate surface area is 223 Å². The lowest BCUT2D eigenvalue weighted by atomic mass is 10.0. The Morgan fingerprint density at radius 1 is 1.00 bits per heavy atom. The van der Waals surface area contributed by atoms with Gasteiger partial charge in [-0.2, -0.15) is 0 Å². The molecule has 0 aliphatic rings. The molecule has 0 radical (unpaired) electrons. The Balaban J connectivity index is 1.36. The van der Waals surface area contributed by atoms with Crippen molar-refractivity contribution in [2.45, 2.75) is 11.7 Å². The first-order valence-corrected chi connectivity index (χ1v) is 13.5. The fourth-order valence-corrected chi connectivity index (χ4v) is 5.19. The van der Waals surface area contributed by atoms with Crippen LogP contribution < -0.4 is 10.6 Å². The summed E-state index contributed by atoms with van der Waals surface area (Å²) in [6, 6.07) is 21.1. The van der Waals surface area contributed by atoms with Crippen LogP contribution in [-0.4, -0.2) is 37.3 Å². The zero-order valence-corrected chi connectivity index (χ0v) is 21.9. The first kappa shape index (κ1) is 24.2. The maximum Gasteiger partial charge on any atom is 0.252 e. The third-order valence-electron chi connectivity index (χ3n) is 5.24. The summed E-state index contributed by atoms with van der Waals surface area (Å²) in [4.78, 5) is 29.5. The molecule has 0 saturated carbocycles. The van der Waals surface area contributed by atoms with E-state index < -0.39 is 0 Å². The Morgan fingerprint density at radius 2 is 1.81 bits per heavy atom. The van der Waals surface area contributed by atoms with Gasteiger partial charge < -0.3 is 10.6 Å². The Morgan fingerprint density at radius 3 is 2.61 bits per heavy atom. The molecule has 2 amide bonds. The van der Waals surface area contributed by atoms with Crippen molar-refractivity contribution in [3.8, 4) is 5.69 Å². The average Bonchev–Trinajstić information content (AvgIpc) is 3.56. The second kappa shape index (κ2) is 11.0. The van der Waals surface area contributed by atoms with Gasteiger partial charge in [-0.3, -0.25) is 14.2 Å². The number of rotatable bonds is 8. The number of carbonyl (C=O) groups is 2. The van der Waals surface area contributed by atoms with E-state index in [9.17, 15) is 9.59 Å². The largest absolute Gasteiger partial charge is 0.345 e. The van der Waals surface area contributed by atoms with Crippen molar-refractivity contribution >= 4 is 66.7 Å². The van der Waals surface area contributed by atoms with Crippen LogP contribution >= 0.6 is 39.0 Å². The molecule has 0 aliphatic heterocycles. The Hall–Kier alpha value is -3.54. The highest BCUT2D eigenvalue weighted by Gasteiger charge is 2.18. The van der Waals surface area contributed by atoms with Gasteiger partial charge >= 0.3 is 0 Å². The summed E-state index contributed by atoms with van der Waals surface area (Å²) in [5.41, 5.74) is 1.41. The van der Waals surface area contributed by atoms with Crippen molar-refractivity contribution in [1.29, 1.82) is 0 Å². The first-order valence-electron chi connectivity index (χ1n) is 10.9. The van der Waals surface area contributed by atoms with Crippen LogP contribution in [0.5, 0.6) is 0 Å². The molecule has 0 unspecified atom stereocenters. The van der Waals surface area contributed by atoms with E-state index in [1.165, 1.54) is 23.1 Å². The highest BCUT2D eigenvalue weighted by molar-refractivity contribution is 9.10. The number of anilines is 1. The van der Waals surface area contributed by atoms with E-state index in [0.717, 1.165) is 20.9 Å². The predicted molar refractivity (Wildman–Crippen MR) is 146 cm³/mol. The SMILES string of the molecule is O=C(CSc1nnc(CNC(=O)c2cccc3ccccc23)n1-c1ccc(Br)cc1)Nc1nccs1. The maximum atomic E-state index is 13.1. The zero-order chi connectivity index (χ0) is 24.9. The molecule has 2 N–H and O–H groups in total. The quantitative estimate of drug-likeness (QED) is 0.242. The van der Waals surface area contributed by atoms with E-state index in [1.54, 1.807) is 17.6 Å². The molecule has 3 aromatic carbocycles. The summed E-state index contributed by atoms with van der Waals surface area (Å²) in [6.07, 6.45) is 1.64. The van der Waals surface area contributed by atoms with E-state index in [0.29, 0.717) is 21.7 Å². The van der Waals surface area contributed by atoms with Crippen LogP contribution in [0.2, 0.25) is 0 Å². The van der Waals surface area contributed by atoms with Crippen LogP contribution in [0.4, 0.5) is 5.13 Å². The number of carbonyl (C=O) groups excluding carboxylic acids is 2. The van der Waals surface area contributed by atoms with Gasteiger partial charge in [-0.25, -0.2) is 4.98 Å². The number of fused-ring (bicyclic) bond motifs is 1. The lowest BCUT2D eigenvalue weighted by molar-refractivity contribution is -0.113. The van der Waals surface area contributed by atoms with Crippen molar-refractivity contribution in [3.05, 3.63) is 94.2 Å². The summed E-state index contributed by atoms with van der Waals surface area (Å²) < 4.78 is 2.78. The zero-order valence-electron chi connectivity index (χ0n) is 18.7. The third-order valence-corrected chi connectivity index (χ3v) is 7.38. The number of nitrogens with one attached hydrogen (secondary N) is 2. The maximum absolute atomic E-state index is 13.1. The van der Waals surface area contributed by atoms with Gasteiger partial charge in [-0.1, -0.05) is 64.1 Å². The topological polar surface area (TPSA) is 102 Å². The number of thioether (sulfide) groups is 1. The molecule has 5 rings (SSSR count). The summed E-state index contributed by atoms with van der Waals surface area (Å²) >= 11 is 6.07. The minimum atomic E-state index is -0.200. The molecule has 0 fully saturated rings. The fourth-order valence-electron chi connectivity index (χ4n) is 3.61.